The molecule has 0 spiro atoms. The second-order valence-corrected chi connectivity index (χ2v) is 14.7. The van der Waals surface area contributed by atoms with E-state index in [4.69, 9.17) is 9.47 Å². The molecular weight excluding hydrogens is 682 g/mol. The number of rotatable bonds is 13. The summed E-state index contributed by atoms with van der Waals surface area (Å²) in [6.45, 7) is 5.06. The van der Waals surface area contributed by atoms with E-state index in [0.29, 0.717) is 5.75 Å². The predicted molar refractivity (Wildman–Crippen MR) is 187 cm³/mol. The molecule has 47 heavy (non-hydrogen) atoms. The topological polar surface area (TPSA) is 105 Å². The minimum Gasteiger partial charge on any atom is -0.497 e. The molecule has 1 atom stereocenters. The van der Waals surface area contributed by atoms with Crippen LogP contribution in [0, 0.1) is 0 Å². The van der Waals surface area contributed by atoms with Gasteiger partial charge in [0.05, 0.1) is 24.8 Å². The van der Waals surface area contributed by atoms with Crippen LogP contribution in [0.4, 0.5) is 5.69 Å². The Bertz CT molecular complexity index is 1780. The zero-order valence-corrected chi connectivity index (χ0v) is 29.5. The van der Waals surface area contributed by atoms with Crippen molar-refractivity contribution in [3.63, 3.8) is 0 Å². The number of anilines is 1. The van der Waals surface area contributed by atoms with Crippen LogP contribution < -0.4 is 19.1 Å². The molecule has 0 heterocycles. The first kappa shape index (κ1) is 35.5. The molecular formula is C36H40BrN3O6S. The molecule has 4 aromatic carbocycles. The highest BCUT2D eigenvalue weighted by atomic mass is 79.9. The second-order valence-electron chi connectivity index (χ2n) is 12.0. The number of para-hydroxylation sites is 2. The van der Waals surface area contributed by atoms with Crippen molar-refractivity contribution in [2.75, 3.05) is 25.1 Å². The first-order chi connectivity index (χ1) is 22.3. The Hall–Kier alpha value is -4.35. The Morgan fingerprint density at radius 1 is 0.830 bits per heavy atom. The molecule has 0 aliphatic carbocycles. The molecule has 0 aliphatic heterocycles. The van der Waals surface area contributed by atoms with Gasteiger partial charge in [-0.1, -0.05) is 70.5 Å². The number of halogens is 1. The predicted octanol–water partition coefficient (Wildman–Crippen LogP) is 6.22. The normalized spacial score (nSPS) is 12.1. The monoisotopic (exact) mass is 721 g/mol. The lowest BCUT2D eigenvalue weighted by molar-refractivity contribution is -0.140. The number of methoxy groups -OCH3 is 2. The van der Waals surface area contributed by atoms with E-state index in [0.717, 1.165) is 19.9 Å². The summed E-state index contributed by atoms with van der Waals surface area (Å²) in [5.74, 6) is -0.176. The van der Waals surface area contributed by atoms with E-state index < -0.39 is 34.1 Å². The molecule has 11 heteroatoms. The van der Waals surface area contributed by atoms with Crippen LogP contribution in [-0.2, 0) is 32.6 Å². The first-order valence-corrected chi connectivity index (χ1v) is 17.3. The highest BCUT2D eigenvalue weighted by Crippen LogP contribution is 2.33. The molecule has 0 saturated heterocycles. The van der Waals surface area contributed by atoms with Gasteiger partial charge >= 0.3 is 0 Å². The van der Waals surface area contributed by atoms with E-state index in [1.165, 1.54) is 31.3 Å². The van der Waals surface area contributed by atoms with Crippen LogP contribution >= 0.6 is 15.9 Å². The third kappa shape index (κ3) is 9.36. The molecule has 0 fully saturated rings. The van der Waals surface area contributed by atoms with Gasteiger partial charge in [-0.05, 0) is 80.4 Å². The molecule has 2 amide bonds. The zero-order valence-electron chi connectivity index (χ0n) is 27.1. The number of benzene rings is 4. The van der Waals surface area contributed by atoms with Gasteiger partial charge in [-0.25, -0.2) is 8.42 Å². The van der Waals surface area contributed by atoms with Crippen molar-refractivity contribution in [1.29, 1.82) is 0 Å². The number of nitrogens with zero attached hydrogens (tertiary/aromatic N) is 2. The molecule has 4 rings (SSSR count). The fraction of sp³-hybridized carbons (Fsp3) is 0.278. The molecule has 4 aromatic rings. The summed E-state index contributed by atoms with van der Waals surface area (Å²) in [5.41, 5.74) is 1.20. The minimum absolute atomic E-state index is 0.0399. The molecule has 0 radical (unpaired) electrons. The molecule has 0 aliphatic rings. The van der Waals surface area contributed by atoms with Crippen LogP contribution in [0.1, 0.15) is 31.9 Å². The summed E-state index contributed by atoms with van der Waals surface area (Å²) in [5, 5.41) is 3.04. The molecule has 0 aromatic heterocycles. The van der Waals surface area contributed by atoms with Crippen molar-refractivity contribution in [3.8, 4) is 11.5 Å². The molecule has 0 bridgehead atoms. The standard InChI is InChI=1S/C36H40BrN3O6S/c1-36(2,3)38-35(42)32(23-26-12-7-6-8-13-26)39(24-27-14-11-15-28(37)22-27)34(41)25-40(31-16-9-10-17-33(31)46-5)47(43,44)30-20-18-29(45-4)19-21-30/h6-22,32H,23-25H2,1-5H3,(H,38,42)/t32-/m0/s1. The molecule has 1 N–H and O–H groups in total. The van der Waals surface area contributed by atoms with Crippen LogP contribution in [0.2, 0.25) is 0 Å². The smallest absolute Gasteiger partial charge is 0.264 e. The summed E-state index contributed by atoms with van der Waals surface area (Å²) in [7, 11) is -1.38. The third-order valence-electron chi connectivity index (χ3n) is 7.29. The van der Waals surface area contributed by atoms with Crippen molar-refractivity contribution < 1.29 is 27.5 Å². The maximum absolute atomic E-state index is 14.7. The second kappa shape index (κ2) is 15.5. The van der Waals surface area contributed by atoms with Gasteiger partial charge in [0.15, 0.2) is 0 Å². The summed E-state index contributed by atoms with van der Waals surface area (Å²) >= 11 is 3.50. The summed E-state index contributed by atoms with van der Waals surface area (Å²) in [6.07, 6.45) is 0.211. The maximum atomic E-state index is 14.7. The average Bonchev–Trinajstić information content (AvgIpc) is 3.04. The number of hydrogen-bond donors (Lipinski definition) is 1. The highest BCUT2D eigenvalue weighted by molar-refractivity contribution is 9.10. The van der Waals surface area contributed by atoms with Crippen molar-refractivity contribution in [1.82, 2.24) is 10.2 Å². The van der Waals surface area contributed by atoms with E-state index in [1.807, 2.05) is 75.4 Å². The molecule has 0 saturated carbocycles. The number of ether oxygens (including phenoxy) is 2. The molecule has 9 nitrogen and oxygen atoms in total. The van der Waals surface area contributed by atoms with Gasteiger partial charge in [0.25, 0.3) is 10.0 Å². The SMILES string of the molecule is COc1ccc(S(=O)(=O)N(CC(=O)N(Cc2cccc(Br)c2)[C@@H](Cc2ccccc2)C(=O)NC(C)(C)C)c2ccccc2OC)cc1. The van der Waals surface area contributed by atoms with Gasteiger partial charge in [-0.2, -0.15) is 0 Å². The van der Waals surface area contributed by atoms with Crippen molar-refractivity contribution in [2.24, 2.45) is 0 Å². The summed E-state index contributed by atoms with van der Waals surface area (Å²) < 4.78 is 41.2. The van der Waals surface area contributed by atoms with E-state index in [9.17, 15) is 18.0 Å². The lowest BCUT2D eigenvalue weighted by Gasteiger charge is -2.35. The van der Waals surface area contributed by atoms with Crippen molar-refractivity contribution in [3.05, 3.63) is 119 Å². The Kier molecular flexibility index (Phi) is 11.7. The minimum atomic E-state index is -4.31. The van der Waals surface area contributed by atoms with Crippen LogP contribution in [0.5, 0.6) is 11.5 Å². The van der Waals surface area contributed by atoms with E-state index in [2.05, 4.69) is 21.2 Å². The number of carbonyl (C=O) groups excluding carboxylic acids is 2. The van der Waals surface area contributed by atoms with Gasteiger partial charge < -0.3 is 19.7 Å². The third-order valence-corrected chi connectivity index (χ3v) is 9.56. The zero-order chi connectivity index (χ0) is 34.2. The molecule has 0 unspecified atom stereocenters. The van der Waals surface area contributed by atoms with Crippen molar-refractivity contribution >= 4 is 43.5 Å². The van der Waals surface area contributed by atoms with Gasteiger partial charge in [-0.15, -0.1) is 0 Å². The molecule has 248 valence electrons. The largest absolute Gasteiger partial charge is 0.497 e. The lowest BCUT2D eigenvalue weighted by Crippen LogP contribution is -2.56. The average molecular weight is 723 g/mol. The Morgan fingerprint density at radius 2 is 1.47 bits per heavy atom. The van der Waals surface area contributed by atoms with Crippen LogP contribution in [0.25, 0.3) is 0 Å². The van der Waals surface area contributed by atoms with E-state index in [-0.39, 0.29) is 35.2 Å². The van der Waals surface area contributed by atoms with Crippen molar-refractivity contribution in [2.45, 2.75) is 50.2 Å². The number of amides is 2. The van der Waals surface area contributed by atoms with Crippen LogP contribution in [0.3, 0.4) is 0 Å². The van der Waals surface area contributed by atoms with Gasteiger partial charge in [0.1, 0.15) is 24.1 Å². The number of carbonyl (C=O) groups is 2. The number of sulfonamides is 1. The fourth-order valence-electron chi connectivity index (χ4n) is 5.06. The fourth-order valence-corrected chi connectivity index (χ4v) is 6.93. The summed E-state index contributed by atoms with van der Waals surface area (Å²) in [4.78, 5) is 30.1. The van der Waals surface area contributed by atoms with E-state index >= 15 is 0 Å². The Labute approximate surface area is 285 Å². The Balaban J connectivity index is 1.85. The van der Waals surface area contributed by atoms with Gasteiger partial charge in [0, 0.05) is 23.0 Å². The summed E-state index contributed by atoms with van der Waals surface area (Å²) in [6, 6.07) is 28.4. The van der Waals surface area contributed by atoms with Crippen LogP contribution in [-0.4, -0.2) is 57.5 Å². The maximum Gasteiger partial charge on any atom is 0.264 e. The quantitative estimate of drug-likeness (QED) is 0.176. The number of hydrogen-bond acceptors (Lipinski definition) is 6. The lowest BCUT2D eigenvalue weighted by atomic mass is 10.0. The van der Waals surface area contributed by atoms with E-state index in [1.54, 1.807) is 36.4 Å². The van der Waals surface area contributed by atoms with Gasteiger partial charge in [-0.3, -0.25) is 13.9 Å². The highest BCUT2D eigenvalue weighted by Gasteiger charge is 2.36. The number of nitrogens with one attached hydrogen (secondary N) is 1. The Morgan fingerprint density at radius 3 is 2.09 bits per heavy atom. The van der Waals surface area contributed by atoms with Crippen LogP contribution in [0.15, 0.2) is 112 Å². The first-order valence-electron chi connectivity index (χ1n) is 15.0. The van der Waals surface area contributed by atoms with Gasteiger partial charge in [0.2, 0.25) is 11.8 Å².